The molecule has 0 aliphatic carbocycles. The molecule has 0 fully saturated rings. The van der Waals surface area contributed by atoms with Crippen molar-refractivity contribution in [1.82, 2.24) is 10.6 Å². The molecule has 0 saturated carbocycles. The molecular weight excluding hydrogens is 346 g/mol. The van der Waals surface area contributed by atoms with Crippen LogP contribution in [0, 0.1) is 0 Å². The lowest BCUT2D eigenvalue weighted by molar-refractivity contribution is 0.373. The number of phenolic OH excluding ortho intramolecular Hbond substituents is 1. The van der Waals surface area contributed by atoms with E-state index in [4.69, 9.17) is 9.73 Å². The van der Waals surface area contributed by atoms with Crippen LogP contribution in [0.5, 0.6) is 11.5 Å². The molecule has 5 nitrogen and oxygen atoms in total. The lowest BCUT2D eigenvalue weighted by atomic mass is 9.92. The summed E-state index contributed by atoms with van der Waals surface area (Å²) in [6, 6.07) is 9.68. The van der Waals surface area contributed by atoms with Crippen LogP contribution in [0.4, 0.5) is 0 Å². The molecule has 0 radical (unpaired) electrons. The van der Waals surface area contributed by atoms with E-state index in [0.29, 0.717) is 5.75 Å². The number of benzene rings is 1. The highest BCUT2D eigenvalue weighted by Gasteiger charge is 2.21. The second-order valence-corrected chi connectivity index (χ2v) is 7.69. The zero-order valence-electron chi connectivity index (χ0n) is 16.0. The summed E-state index contributed by atoms with van der Waals surface area (Å²) in [7, 11) is 1.56. The summed E-state index contributed by atoms with van der Waals surface area (Å²) in [6.45, 7) is 8.78. The molecule has 0 aliphatic heterocycles. The first-order chi connectivity index (χ1) is 12.5. The van der Waals surface area contributed by atoms with E-state index in [1.54, 1.807) is 24.5 Å². The van der Waals surface area contributed by atoms with Gasteiger partial charge in [0.1, 0.15) is 0 Å². The smallest absolute Gasteiger partial charge is 0.191 e. The lowest BCUT2D eigenvalue weighted by Crippen LogP contribution is -2.39. The summed E-state index contributed by atoms with van der Waals surface area (Å²) in [5.41, 5.74) is 1.11. The quantitative estimate of drug-likeness (QED) is 0.488. The van der Waals surface area contributed by atoms with Crippen molar-refractivity contribution >= 4 is 17.3 Å². The fourth-order valence-corrected chi connectivity index (χ4v) is 3.41. The molecule has 0 spiro atoms. The van der Waals surface area contributed by atoms with Gasteiger partial charge in [-0.25, -0.2) is 0 Å². The molecule has 0 saturated heterocycles. The van der Waals surface area contributed by atoms with Gasteiger partial charge in [-0.1, -0.05) is 26.0 Å². The van der Waals surface area contributed by atoms with Crippen LogP contribution in [0.15, 0.2) is 40.7 Å². The molecule has 142 valence electrons. The van der Waals surface area contributed by atoms with Crippen LogP contribution < -0.4 is 15.4 Å². The lowest BCUT2D eigenvalue weighted by Gasteiger charge is -2.22. The maximum absolute atomic E-state index is 9.67. The van der Waals surface area contributed by atoms with E-state index in [2.05, 4.69) is 48.9 Å². The first kappa shape index (κ1) is 20.1. The number of rotatable bonds is 8. The molecule has 0 bridgehead atoms. The fraction of sp³-hybridized carbons (Fsp3) is 0.450. The molecule has 1 aromatic carbocycles. The highest BCUT2D eigenvalue weighted by atomic mass is 32.1. The second-order valence-electron chi connectivity index (χ2n) is 6.74. The molecule has 26 heavy (non-hydrogen) atoms. The summed E-state index contributed by atoms with van der Waals surface area (Å²) >= 11 is 1.77. The average molecular weight is 376 g/mol. The maximum Gasteiger partial charge on any atom is 0.191 e. The van der Waals surface area contributed by atoms with Crippen LogP contribution in [0.3, 0.4) is 0 Å². The molecule has 0 atom stereocenters. The van der Waals surface area contributed by atoms with Crippen molar-refractivity contribution < 1.29 is 9.84 Å². The van der Waals surface area contributed by atoms with Crippen molar-refractivity contribution in [3.8, 4) is 11.5 Å². The zero-order chi connectivity index (χ0) is 19.0. The minimum Gasteiger partial charge on any atom is -0.504 e. The van der Waals surface area contributed by atoms with Gasteiger partial charge in [0.15, 0.2) is 17.5 Å². The number of hydrogen-bond donors (Lipinski definition) is 3. The monoisotopic (exact) mass is 375 g/mol. The fourth-order valence-electron chi connectivity index (χ4n) is 2.56. The average Bonchev–Trinajstić information content (AvgIpc) is 3.17. The van der Waals surface area contributed by atoms with Crippen LogP contribution in [0.2, 0.25) is 0 Å². The second kappa shape index (κ2) is 9.48. The number of nitrogens with one attached hydrogen (secondary N) is 2. The van der Waals surface area contributed by atoms with Gasteiger partial charge in [0.2, 0.25) is 0 Å². The number of hydrogen-bond acceptors (Lipinski definition) is 4. The number of guanidine groups is 1. The van der Waals surface area contributed by atoms with Gasteiger partial charge < -0.3 is 20.5 Å². The number of aromatic hydroxyl groups is 1. The van der Waals surface area contributed by atoms with E-state index in [1.807, 2.05) is 12.1 Å². The minimum atomic E-state index is 0.0147. The maximum atomic E-state index is 9.67. The summed E-state index contributed by atoms with van der Waals surface area (Å²) < 4.78 is 5.16. The Morgan fingerprint density at radius 2 is 2.08 bits per heavy atom. The Bertz CT molecular complexity index is 712. The van der Waals surface area contributed by atoms with E-state index < -0.39 is 0 Å². The molecule has 0 unspecified atom stereocenters. The van der Waals surface area contributed by atoms with E-state index in [0.717, 1.165) is 37.6 Å². The van der Waals surface area contributed by atoms with Crippen LogP contribution in [0.25, 0.3) is 0 Å². The minimum absolute atomic E-state index is 0.0147. The van der Waals surface area contributed by atoms with Crippen molar-refractivity contribution in [3.63, 3.8) is 0 Å². The third-order valence-electron chi connectivity index (χ3n) is 4.12. The predicted octanol–water partition coefficient (Wildman–Crippen LogP) is 3.54. The van der Waals surface area contributed by atoms with Crippen molar-refractivity contribution in [3.05, 3.63) is 46.2 Å². The molecule has 1 heterocycles. The van der Waals surface area contributed by atoms with Gasteiger partial charge in [-0.3, -0.25) is 4.99 Å². The first-order valence-electron chi connectivity index (χ1n) is 8.88. The molecule has 3 N–H and O–H groups in total. The Balaban J connectivity index is 1.93. The topological polar surface area (TPSA) is 65.9 Å². The van der Waals surface area contributed by atoms with Crippen LogP contribution >= 0.6 is 11.3 Å². The Hall–Kier alpha value is -2.21. The Morgan fingerprint density at radius 1 is 1.27 bits per heavy atom. The van der Waals surface area contributed by atoms with Crippen molar-refractivity contribution in [2.45, 2.75) is 32.6 Å². The third kappa shape index (κ3) is 5.66. The first-order valence-corrected chi connectivity index (χ1v) is 9.76. The van der Waals surface area contributed by atoms with Crippen molar-refractivity contribution in [2.75, 3.05) is 26.7 Å². The van der Waals surface area contributed by atoms with Gasteiger partial charge in [0.25, 0.3) is 0 Å². The van der Waals surface area contributed by atoms with Gasteiger partial charge in [0.05, 0.1) is 13.7 Å². The van der Waals surface area contributed by atoms with Gasteiger partial charge in [-0.15, -0.1) is 11.3 Å². The normalized spacial score (nSPS) is 12.1. The van der Waals surface area contributed by atoms with Crippen LogP contribution in [0.1, 0.15) is 31.2 Å². The van der Waals surface area contributed by atoms with E-state index in [1.165, 1.54) is 4.88 Å². The van der Waals surface area contributed by atoms with Crippen LogP contribution in [-0.4, -0.2) is 37.8 Å². The van der Waals surface area contributed by atoms with E-state index >= 15 is 0 Å². The standard InChI is InChI=1S/C20H29N3O2S/c1-5-21-19(23-14-20(2,3)18-7-6-12-26-18)22-11-10-15-8-9-16(24)17(13-15)25-4/h6-9,12-13,24H,5,10-11,14H2,1-4H3,(H2,21,22,23). The highest BCUT2D eigenvalue weighted by Crippen LogP contribution is 2.28. The number of thiophene rings is 1. The molecular formula is C20H29N3O2S. The van der Waals surface area contributed by atoms with Gasteiger partial charge in [-0.2, -0.15) is 0 Å². The number of phenols is 1. The number of methoxy groups -OCH3 is 1. The largest absolute Gasteiger partial charge is 0.504 e. The third-order valence-corrected chi connectivity index (χ3v) is 5.35. The molecule has 2 rings (SSSR count). The van der Waals surface area contributed by atoms with Gasteiger partial charge >= 0.3 is 0 Å². The molecule has 2 aromatic rings. The van der Waals surface area contributed by atoms with E-state index in [-0.39, 0.29) is 11.2 Å². The number of aliphatic imine (C=N–C) groups is 1. The number of ether oxygens (including phenoxy) is 1. The summed E-state index contributed by atoms with van der Waals surface area (Å²) in [5.74, 6) is 1.48. The SMILES string of the molecule is CCNC(=NCC(C)(C)c1cccs1)NCCc1ccc(O)c(OC)c1. The van der Waals surface area contributed by atoms with Crippen molar-refractivity contribution in [1.29, 1.82) is 0 Å². The zero-order valence-corrected chi connectivity index (χ0v) is 16.8. The molecule has 0 amide bonds. The predicted molar refractivity (Wildman–Crippen MR) is 110 cm³/mol. The molecule has 6 heteroatoms. The Kier molecular flexibility index (Phi) is 7.33. The molecule has 0 aliphatic rings. The Morgan fingerprint density at radius 3 is 2.73 bits per heavy atom. The summed E-state index contributed by atoms with van der Waals surface area (Å²) in [4.78, 5) is 6.10. The summed E-state index contributed by atoms with van der Waals surface area (Å²) in [6.07, 6.45) is 0.815. The van der Waals surface area contributed by atoms with Gasteiger partial charge in [0, 0.05) is 23.4 Å². The van der Waals surface area contributed by atoms with Crippen molar-refractivity contribution in [2.24, 2.45) is 4.99 Å². The van der Waals surface area contributed by atoms with E-state index in [9.17, 15) is 5.11 Å². The number of nitrogens with zero attached hydrogens (tertiary/aromatic N) is 1. The summed E-state index contributed by atoms with van der Waals surface area (Å²) in [5, 5.41) is 18.5. The van der Waals surface area contributed by atoms with Crippen LogP contribution in [-0.2, 0) is 11.8 Å². The Labute approximate surface area is 160 Å². The van der Waals surface area contributed by atoms with Gasteiger partial charge in [-0.05, 0) is 42.5 Å². The molecule has 1 aromatic heterocycles. The highest BCUT2D eigenvalue weighted by molar-refractivity contribution is 7.10.